The molecule has 1 aromatic rings. The standard InChI is InChI=1S/C11H16N2S2/c1-3-13-8-6-5-7-9(15-4-2)10(8)11(12)14/h5-7,13H,3-4H2,1-2H3,(H2,12,14). The van der Waals surface area contributed by atoms with Crippen LogP contribution in [-0.4, -0.2) is 17.3 Å². The van der Waals surface area contributed by atoms with E-state index in [1.54, 1.807) is 11.8 Å². The summed E-state index contributed by atoms with van der Waals surface area (Å²) in [5.74, 6) is 1.02. The number of rotatable bonds is 5. The highest BCUT2D eigenvalue weighted by Gasteiger charge is 2.09. The Bertz CT molecular complexity index is 326. The summed E-state index contributed by atoms with van der Waals surface area (Å²) in [6, 6.07) is 6.10. The molecule has 1 aromatic carbocycles. The number of thioether (sulfide) groups is 1. The molecule has 0 aliphatic heterocycles. The molecule has 0 bridgehead atoms. The van der Waals surface area contributed by atoms with E-state index in [0.29, 0.717) is 4.99 Å². The fraction of sp³-hybridized carbons (Fsp3) is 0.364. The van der Waals surface area contributed by atoms with Crippen LogP contribution in [0.4, 0.5) is 5.69 Å². The summed E-state index contributed by atoms with van der Waals surface area (Å²) in [5.41, 5.74) is 7.76. The molecule has 0 atom stereocenters. The lowest BCUT2D eigenvalue weighted by Crippen LogP contribution is -2.14. The predicted octanol–water partition coefficient (Wildman–Crippen LogP) is 2.86. The van der Waals surface area contributed by atoms with E-state index in [0.717, 1.165) is 28.4 Å². The second-order valence-corrected chi connectivity index (χ2v) is 4.75. The van der Waals surface area contributed by atoms with Crippen LogP contribution < -0.4 is 11.1 Å². The Morgan fingerprint density at radius 1 is 1.47 bits per heavy atom. The third kappa shape index (κ3) is 3.11. The maximum atomic E-state index is 5.75. The first-order chi connectivity index (χ1) is 7.20. The summed E-state index contributed by atoms with van der Waals surface area (Å²) in [6.07, 6.45) is 0. The van der Waals surface area contributed by atoms with Crippen LogP contribution in [0.1, 0.15) is 19.4 Å². The number of nitrogens with one attached hydrogen (secondary N) is 1. The molecule has 0 spiro atoms. The van der Waals surface area contributed by atoms with Gasteiger partial charge in [-0.3, -0.25) is 0 Å². The van der Waals surface area contributed by atoms with Gasteiger partial charge in [0.25, 0.3) is 0 Å². The first-order valence-electron chi connectivity index (χ1n) is 5.00. The van der Waals surface area contributed by atoms with Crippen molar-refractivity contribution in [3.05, 3.63) is 23.8 Å². The van der Waals surface area contributed by atoms with E-state index >= 15 is 0 Å². The van der Waals surface area contributed by atoms with Crippen molar-refractivity contribution < 1.29 is 0 Å². The van der Waals surface area contributed by atoms with Crippen LogP contribution in [0.15, 0.2) is 23.1 Å². The maximum absolute atomic E-state index is 5.75. The molecule has 0 heterocycles. The van der Waals surface area contributed by atoms with Crippen LogP contribution in [0.3, 0.4) is 0 Å². The summed E-state index contributed by atoms with van der Waals surface area (Å²) in [5, 5.41) is 3.28. The Morgan fingerprint density at radius 2 is 2.20 bits per heavy atom. The van der Waals surface area contributed by atoms with Crippen LogP contribution >= 0.6 is 24.0 Å². The fourth-order valence-corrected chi connectivity index (χ4v) is 2.53. The highest BCUT2D eigenvalue weighted by atomic mass is 32.2. The van der Waals surface area contributed by atoms with E-state index in [9.17, 15) is 0 Å². The van der Waals surface area contributed by atoms with Gasteiger partial charge in [0.1, 0.15) is 4.99 Å². The second-order valence-electron chi connectivity index (χ2n) is 3.01. The van der Waals surface area contributed by atoms with Crippen LogP contribution in [-0.2, 0) is 0 Å². The van der Waals surface area contributed by atoms with Crippen LogP contribution in [0.25, 0.3) is 0 Å². The summed E-state index contributed by atoms with van der Waals surface area (Å²) in [6.45, 7) is 5.05. The lowest BCUT2D eigenvalue weighted by molar-refractivity contribution is 1.20. The molecule has 0 amide bonds. The molecule has 15 heavy (non-hydrogen) atoms. The predicted molar refractivity (Wildman–Crippen MR) is 72.9 cm³/mol. The van der Waals surface area contributed by atoms with E-state index < -0.39 is 0 Å². The number of anilines is 1. The third-order valence-electron chi connectivity index (χ3n) is 1.94. The van der Waals surface area contributed by atoms with E-state index in [1.165, 1.54) is 0 Å². The largest absolute Gasteiger partial charge is 0.389 e. The monoisotopic (exact) mass is 240 g/mol. The first-order valence-corrected chi connectivity index (χ1v) is 6.39. The number of hydrogen-bond acceptors (Lipinski definition) is 3. The molecule has 2 nitrogen and oxygen atoms in total. The molecule has 0 aliphatic rings. The number of hydrogen-bond donors (Lipinski definition) is 2. The average Bonchev–Trinajstić information content (AvgIpc) is 2.18. The van der Waals surface area contributed by atoms with Gasteiger partial charge in [-0.05, 0) is 24.8 Å². The van der Waals surface area contributed by atoms with E-state index in [2.05, 4.69) is 25.2 Å². The molecule has 0 aromatic heterocycles. The van der Waals surface area contributed by atoms with Crippen LogP contribution in [0.5, 0.6) is 0 Å². The average molecular weight is 240 g/mol. The van der Waals surface area contributed by atoms with Crippen molar-refractivity contribution in [2.75, 3.05) is 17.6 Å². The Balaban J connectivity index is 3.15. The lowest BCUT2D eigenvalue weighted by atomic mass is 10.1. The molecule has 0 radical (unpaired) electrons. The molecule has 82 valence electrons. The van der Waals surface area contributed by atoms with Gasteiger partial charge >= 0.3 is 0 Å². The Labute approximate surface area is 101 Å². The van der Waals surface area contributed by atoms with Gasteiger partial charge in [0.05, 0.1) is 0 Å². The summed E-state index contributed by atoms with van der Waals surface area (Å²) in [4.78, 5) is 1.62. The molecular weight excluding hydrogens is 224 g/mol. The van der Waals surface area contributed by atoms with Crippen molar-refractivity contribution in [1.29, 1.82) is 0 Å². The van der Waals surface area contributed by atoms with Crippen molar-refractivity contribution in [1.82, 2.24) is 0 Å². The van der Waals surface area contributed by atoms with Gasteiger partial charge in [0.2, 0.25) is 0 Å². The normalized spacial score (nSPS) is 10.0. The zero-order valence-corrected chi connectivity index (χ0v) is 10.7. The van der Waals surface area contributed by atoms with Crippen LogP contribution in [0, 0.1) is 0 Å². The van der Waals surface area contributed by atoms with E-state index in [4.69, 9.17) is 18.0 Å². The molecule has 1 rings (SSSR count). The number of nitrogens with two attached hydrogens (primary N) is 1. The second kappa shape index (κ2) is 5.98. The molecule has 0 aliphatic carbocycles. The SMILES string of the molecule is CCNc1cccc(SCC)c1C(N)=S. The van der Waals surface area contributed by atoms with Gasteiger partial charge in [0.15, 0.2) is 0 Å². The maximum Gasteiger partial charge on any atom is 0.107 e. The van der Waals surface area contributed by atoms with E-state index in [-0.39, 0.29) is 0 Å². The highest BCUT2D eigenvalue weighted by molar-refractivity contribution is 7.99. The van der Waals surface area contributed by atoms with Crippen molar-refractivity contribution in [2.45, 2.75) is 18.7 Å². The Hall–Kier alpha value is -0.740. The Kier molecular flexibility index (Phi) is 4.91. The van der Waals surface area contributed by atoms with Crippen molar-refractivity contribution in [3.63, 3.8) is 0 Å². The molecule has 0 fully saturated rings. The molecule has 4 heteroatoms. The Morgan fingerprint density at radius 3 is 2.73 bits per heavy atom. The summed E-state index contributed by atoms with van der Waals surface area (Å²) in [7, 11) is 0. The van der Waals surface area contributed by atoms with Gasteiger partial charge in [-0.15, -0.1) is 11.8 Å². The third-order valence-corrected chi connectivity index (χ3v) is 3.08. The minimum Gasteiger partial charge on any atom is -0.389 e. The summed E-state index contributed by atoms with van der Waals surface area (Å²) >= 11 is 6.85. The highest BCUT2D eigenvalue weighted by Crippen LogP contribution is 2.28. The number of thiocarbonyl (C=S) groups is 1. The lowest BCUT2D eigenvalue weighted by Gasteiger charge is -2.13. The van der Waals surface area contributed by atoms with Crippen molar-refractivity contribution >= 4 is 34.7 Å². The van der Waals surface area contributed by atoms with Gasteiger partial charge in [-0.1, -0.05) is 25.2 Å². The fourth-order valence-electron chi connectivity index (χ4n) is 1.40. The zero-order chi connectivity index (χ0) is 11.3. The van der Waals surface area contributed by atoms with E-state index in [1.807, 2.05) is 12.1 Å². The topological polar surface area (TPSA) is 38.0 Å². The number of benzene rings is 1. The van der Waals surface area contributed by atoms with Gasteiger partial charge < -0.3 is 11.1 Å². The van der Waals surface area contributed by atoms with Crippen molar-refractivity contribution in [2.24, 2.45) is 5.73 Å². The molecular formula is C11H16N2S2. The molecule has 0 unspecified atom stereocenters. The molecule has 3 N–H and O–H groups in total. The molecule has 0 saturated carbocycles. The van der Waals surface area contributed by atoms with Crippen molar-refractivity contribution in [3.8, 4) is 0 Å². The minimum atomic E-state index is 0.461. The quantitative estimate of drug-likeness (QED) is 0.613. The molecule has 0 saturated heterocycles. The van der Waals surface area contributed by atoms with Gasteiger partial charge in [-0.25, -0.2) is 0 Å². The summed E-state index contributed by atoms with van der Waals surface area (Å²) < 4.78 is 0. The first kappa shape index (κ1) is 12.3. The van der Waals surface area contributed by atoms with Crippen LogP contribution in [0.2, 0.25) is 0 Å². The zero-order valence-electron chi connectivity index (χ0n) is 9.04. The minimum absolute atomic E-state index is 0.461. The van der Waals surface area contributed by atoms with Gasteiger partial charge in [-0.2, -0.15) is 0 Å². The smallest absolute Gasteiger partial charge is 0.107 e. The van der Waals surface area contributed by atoms with Gasteiger partial charge in [0, 0.05) is 22.7 Å².